The Labute approximate surface area is 199 Å². The summed E-state index contributed by atoms with van der Waals surface area (Å²) in [5.74, 6) is -0.114. The highest BCUT2D eigenvalue weighted by Gasteiger charge is 2.36. The minimum atomic E-state index is -3.77. The zero-order valence-electron chi connectivity index (χ0n) is 18.6. The fourth-order valence-electron chi connectivity index (χ4n) is 4.74. The lowest BCUT2D eigenvalue weighted by Gasteiger charge is -2.34. The maximum Gasteiger partial charge on any atom is 0.264 e. The molecule has 0 unspecified atom stereocenters. The first-order valence-corrected chi connectivity index (χ1v) is 13.6. The number of thiophene rings is 1. The van der Waals surface area contributed by atoms with Crippen molar-refractivity contribution in [1.29, 1.82) is 0 Å². The maximum atomic E-state index is 13.5. The minimum absolute atomic E-state index is 0.114. The lowest BCUT2D eigenvalue weighted by Crippen LogP contribution is -2.48. The lowest BCUT2D eigenvalue weighted by molar-refractivity contribution is 0.0628. The lowest BCUT2D eigenvalue weighted by atomic mass is 10.1. The van der Waals surface area contributed by atoms with Gasteiger partial charge in [-0.25, -0.2) is 8.42 Å². The quantitative estimate of drug-likeness (QED) is 0.556. The van der Waals surface area contributed by atoms with Crippen LogP contribution in [-0.4, -0.2) is 56.3 Å². The first-order valence-electron chi connectivity index (χ1n) is 11.2. The number of para-hydroxylation sites is 1. The van der Waals surface area contributed by atoms with Crippen molar-refractivity contribution < 1.29 is 13.2 Å². The number of amides is 1. The van der Waals surface area contributed by atoms with Crippen LogP contribution in [0, 0.1) is 0 Å². The third-order valence-corrected chi connectivity index (χ3v) is 9.08. The maximum absolute atomic E-state index is 13.5. The number of fused-ring (bicyclic) bond motifs is 1. The van der Waals surface area contributed by atoms with E-state index in [1.807, 2.05) is 36.1 Å². The summed E-state index contributed by atoms with van der Waals surface area (Å²) >= 11 is 1.70. The average Bonchev–Trinajstić information content (AvgIpc) is 3.46. The van der Waals surface area contributed by atoms with Crippen LogP contribution in [0.5, 0.6) is 0 Å². The normalized spacial score (nSPS) is 19.0. The van der Waals surface area contributed by atoms with Crippen LogP contribution < -0.4 is 4.31 Å². The van der Waals surface area contributed by atoms with Gasteiger partial charge >= 0.3 is 0 Å². The van der Waals surface area contributed by atoms with Crippen LogP contribution in [0.3, 0.4) is 0 Å². The standard InChI is InChI=1S/C25H27N3O3S2/c1-19-15-21-5-2-3-8-24(21)28(19)33(30,31)23-7-4-6-22(16-23)25(29)27-12-10-26(11-13-27)17-20-9-14-32-18-20/h2-9,14,16,18-19H,10-13,15,17H2,1H3/t19-/m1/s1. The Morgan fingerprint density at radius 1 is 1.03 bits per heavy atom. The van der Waals surface area contributed by atoms with Crippen molar-refractivity contribution in [2.45, 2.75) is 30.8 Å². The monoisotopic (exact) mass is 481 g/mol. The summed E-state index contributed by atoms with van der Waals surface area (Å²) in [6, 6.07) is 16.1. The van der Waals surface area contributed by atoms with Gasteiger partial charge in [0, 0.05) is 44.3 Å². The van der Waals surface area contributed by atoms with Gasteiger partial charge in [0.05, 0.1) is 10.6 Å². The first-order chi connectivity index (χ1) is 15.9. The smallest absolute Gasteiger partial charge is 0.264 e. The Hall–Kier alpha value is -2.68. The number of hydrogen-bond donors (Lipinski definition) is 0. The SMILES string of the molecule is C[C@@H]1Cc2ccccc2N1S(=O)(=O)c1cccc(C(=O)N2CCN(Cc3ccsc3)CC2)c1. The number of carbonyl (C=O) groups excluding carboxylic acids is 1. The Morgan fingerprint density at radius 2 is 1.82 bits per heavy atom. The van der Waals surface area contributed by atoms with Gasteiger partial charge in [0.1, 0.15) is 0 Å². The molecule has 3 aromatic rings. The van der Waals surface area contributed by atoms with Crippen molar-refractivity contribution >= 4 is 33.0 Å². The summed E-state index contributed by atoms with van der Waals surface area (Å²) in [4.78, 5) is 17.5. The molecule has 6 nitrogen and oxygen atoms in total. The van der Waals surface area contributed by atoms with Gasteiger partial charge in [-0.1, -0.05) is 24.3 Å². The van der Waals surface area contributed by atoms with E-state index < -0.39 is 10.0 Å². The van der Waals surface area contributed by atoms with Gasteiger partial charge in [-0.3, -0.25) is 14.0 Å². The Morgan fingerprint density at radius 3 is 2.58 bits per heavy atom. The van der Waals surface area contributed by atoms with Crippen LogP contribution in [0.1, 0.15) is 28.4 Å². The van der Waals surface area contributed by atoms with E-state index in [4.69, 9.17) is 0 Å². The molecule has 1 amide bonds. The second kappa shape index (κ2) is 8.93. The fraction of sp³-hybridized carbons (Fsp3) is 0.320. The van der Waals surface area contributed by atoms with Crippen molar-refractivity contribution in [3.63, 3.8) is 0 Å². The number of piperazine rings is 1. The molecule has 5 rings (SSSR count). The summed E-state index contributed by atoms with van der Waals surface area (Å²) in [5.41, 5.74) is 3.47. The summed E-state index contributed by atoms with van der Waals surface area (Å²) in [6.45, 7) is 5.70. The molecule has 8 heteroatoms. The number of sulfonamides is 1. The molecule has 2 aliphatic heterocycles. The topological polar surface area (TPSA) is 60.9 Å². The van der Waals surface area contributed by atoms with E-state index in [1.165, 1.54) is 15.9 Å². The molecule has 0 spiro atoms. The summed E-state index contributed by atoms with van der Waals surface area (Å²) < 4.78 is 28.6. The molecule has 2 aliphatic rings. The zero-order chi connectivity index (χ0) is 23.0. The first kappa shape index (κ1) is 22.1. The van der Waals surface area contributed by atoms with Gasteiger partial charge in [-0.05, 0) is 65.6 Å². The summed E-state index contributed by atoms with van der Waals surface area (Å²) in [7, 11) is -3.77. The predicted molar refractivity (Wildman–Crippen MR) is 131 cm³/mol. The molecule has 0 radical (unpaired) electrons. The molecule has 1 aromatic heterocycles. The van der Waals surface area contributed by atoms with Crippen LogP contribution in [0.15, 0.2) is 70.3 Å². The molecule has 1 fully saturated rings. The predicted octanol–water partition coefficient (Wildman–Crippen LogP) is 3.85. The van der Waals surface area contributed by atoms with Gasteiger partial charge in [0.15, 0.2) is 0 Å². The molecule has 33 heavy (non-hydrogen) atoms. The van der Waals surface area contributed by atoms with Crippen LogP contribution in [0.25, 0.3) is 0 Å². The molecule has 2 aromatic carbocycles. The highest BCUT2D eigenvalue weighted by atomic mass is 32.2. The van der Waals surface area contributed by atoms with Crippen molar-refractivity contribution in [1.82, 2.24) is 9.80 Å². The molecular weight excluding hydrogens is 454 g/mol. The van der Waals surface area contributed by atoms with Crippen molar-refractivity contribution in [3.8, 4) is 0 Å². The van der Waals surface area contributed by atoms with E-state index in [-0.39, 0.29) is 16.8 Å². The Bertz CT molecular complexity index is 1250. The van der Waals surface area contributed by atoms with Gasteiger partial charge in [-0.15, -0.1) is 0 Å². The van der Waals surface area contributed by atoms with Crippen molar-refractivity contribution in [2.24, 2.45) is 0 Å². The van der Waals surface area contributed by atoms with Crippen LogP contribution in [0.4, 0.5) is 5.69 Å². The summed E-state index contributed by atoms with van der Waals surface area (Å²) in [5, 5.41) is 4.24. The van der Waals surface area contributed by atoms with E-state index in [1.54, 1.807) is 29.5 Å². The molecule has 0 N–H and O–H groups in total. The highest BCUT2D eigenvalue weighted by molar-refractivity contribution is 7.92. The summed E-state index contributed by atoms with van der Waals surface area (Å²) in [6.07, 6.45) is 0.684. The van der Waals surface area contributed by atoms with Crippen molar-refractivity contribution in [2.75, 3.05) is 30.5 Å². The van der Waals surface area contributed by atoms with Gasteiger partial charge in [-0.2, -0.15) is 11.3 Å². The largest absolute Gasteiger partial charge is 0.336 e. The molecule has 1 saturated heterocycles. The molecule has 3 heterocycles. The molecule has 0 saturated carbocycles. The highest BCUT2D eigenvalue weighted by Crippen LogP contribution is 2.36. The molecular formula is C25H27N3O3S2. The van der Waals surface area contributed by atoms with E-state index in [9.17, 15) is 13.2 Å². The minimum Gasteiger partial charge on any atom is -0.336 e. The number of hydrogen-bond acceptors (Lipinski definition) is 5. The molecule has 0 bridgehead atoms. The van der Waals surface area contributed by atoms with Crippen LogP contribution >= 0.6 is 11.3 Å². The van der Waals surface area contributed by atoms with Gasteiger partial charge in [0.25, 0.3) is 15.9 Å². The van der Waals surface area contributed by atoms with E-state index in [2.05, 4.69) is 21.7 Å². The second-order valence-corrected chi connectivity index (χ2v) is 11.3. The number of anilines is 1. The average molecular weight is 482 g/mol. The molecule has 0 aliphatic carbocycles. The van der Waals surface area contributed by atoms with Gasteiger partial charge in [0.2, 0.25) is 0 Å². The number of nitrogens with zero attached hydrogens (tertiary/aromatic N) is 3. The number of rotatable bonds is 5. The number of carbonyl (C=O) groups is 1. The second-order valence-electron chi connectivity index (χ2n) is 8.71. The van der Waals surface area contributed by atoms with E-state index in [0.717, 1.165) is 30.9 Å². The van der Waals surface area contributed by atoms with Gasteiger partial charge < -0.3 is 4.90 Å². The zero-order valence-corrected chi connectivity index (χ0v) is 20.2. The van der Waals surface area contributed by atoms with E-state index in [0.29, 0.717) is 25.1 Å². The third kappa shape index (κ3) is 4.30. The fourth-order valence-corrected chi connectivity index (χ4v) is 7.14. The Kier molecular flexibility index (Phi) is 5.99. The van der Waals surface area contributed by atoms with Crippen LogP contribution in [-0.2, 0) is 23.0 Å². The van der Waals surface area contributed by atoms with Crippen molar-refractivity contribution in [3.05, 3.63) is 82.0 Å². The molecule has 1 atom stereocenters. The number of benzene rings is 2. The van der Waals surface area contributed by atoms with E-state index >= 15 is 0 Å². The van der Waals surface area contributed by atoms with Crippen LogP contribution in [0.2, 0.25) is 0 Å². The molecule has 172 valence electrons. The third-order valence-electron chi connectivity index (χ3n) is 6.43. The Balaban J connectivity index is 1.32.